The summed E-state index contributed by atoms with van der Waals surface area (Å²) >= 11 is 0. The lowest BCUT2D eigenvalue weighted by Crippen LogP contribution is -2.43. The van der Waals surface area contributed by atoms with Crippen molar-refractivity contribution in [3.63, 3.8) is 0 Å². The standard InChI is InChI=1S/C21H23N3O3S/c1-22-9-11-23(12-10-22)14-18-17-13-15(27-2)7-8-19(17)24-21(18)16-5-3-4-6-20(16)28(24,25)26/h3-8,13H,9-12,14H2,1-2H3. The second-order valence-corrected chi connectivity index (χ2v) is 9.31. The zero-order valence-electron chi connectivity index (χ0n) is 16.1. The van der Waals surface area contributed by atoms with Gasteiger partial charge in [-0.05, 0) is 31.3 Å². The fraction of sp³-hybridized carbons (Fsp3) is 0.333. The second kappa shape index (κ2) is 6.34. The minimum atomic E-state index is -3.59. The molecular weight excluding hydrogens is 374 g/mol. The van der Waals surface area contributed by atoms with E-state index < -0.39 is 10.0 Å². The molecule has 7 heteroatoms. The quantitative estimate of drug-likeness (QED) is 0.532. The number of ether oxygens (including phenoxy) is 1. The van der Waals surface area contributed by atoms with Crippen LogP contribution < -0.4 is 4.74 Å². The first kappa shape index (κ1) is 17.7. The summed E-state index contributed by atoms with van der Waals surface area (Å²) in [6.07, 6.45) is 0. The molecule has 0 N–H and O–H groups in total. The Bertz CT molecular complexity index is 1180. The molecule has 0 unspecified atom stereocenters. The normalized spacial score (nSPS) is 18.9. The first-order valence-corrected chi connectivity index (χ1v) is 10.9. The predicted molar refractivity (Wildman–Crippen MR) is 109 cm³/mol. The van der Waals surface area contributed by atoms with Crippen molar-refractivity contribution in [2.75, 3.05) is 40.3 Å². The molecule has 1 saturated heterocycles. The van der Waals surface area contributed by atoms with E-state index in [2.05, 4.69) is 16.8 Å². The molecule has 2 aliphatic heterocycles. The number of fused-ring (bicyclic) bond motifs is 5. The smallest absolute Gasteiger partial charge is 0.269 e. The highest BCUT2D eigenvalue weighted by Crippen LogP contribution is 2.45. The van der Waals surface area contributed by atoms with E-state index in [1.165, 1.54) is 3.97 Å². The van der Waals surface area contributed by atoms with Gasteiger partial charge in [-0.2, -0.15) is 0 Å². The highest BCUT2D eigenvalue weighted by Gasteiger charge is 2.37. The summed E-state index contributed by atoms with van der Waals surface area (Å²) < 4.78 is 33.6. The van der Waals surface area contributed by atoms with Gasteiger partial charge in [0.15, 0.2) is 0 Å². The van der Waals surface area contributed by atoms with Crippen LogP contribution in [0.4, 0.5) is 0 Å². The molecule has 2 aliphatic rings. The van der Waals surface area contributed by atoms with Crippen LogP contribution in [0.5, 0.6) is 5.75 Å². The van der Waals surface area contributed by atoms with Crippen molar-refractivity contribution in [1.29, 1.82) is 0 Å². The van der Waals surface area contributed by atoms with Gasteiger partial charge in [0.1, 0.15) is 5.75 Å². The summed E-state index contributed by atoms with van der Waals surface area (Å²) in [6.45, 7) is 4.71. The van der Waals surface area contributed by atoms with Crippen molar-refractivity contribution in [1.82, 2.24) is 13.8 Å². The summed E-state index contributed by atoms with van der Waals surface area (Å²) in [4.78, 5) is 5.12. The average Bonchev–Trinajstić information content (AvgIpc) is 3.15. The van der Waals surface area contributed by atoms with Gasteiger partial charge in [-0.15, -0.1) is 0 Å². The zero-order chi connectivity index (χ0) is 19.5. The van der Waals surface area contributed by atoms with E-state index in [9.17, 15) is 8.42 Å². The molecule has 146 valence electrons. The van der Waals surface area contributed by atoms with Crippen LogP contribution in [-0.2, 0) is 16.6 Å². The first-order chi connectivity index (χ1) is 13.5. The van der Waals surface area contributed by atoms with Crippen molar-refractivity contribution >= 4 is 20.9 Å². The molecular formula is C21H23N3O3S. The topological polar surface area (TPSA) is 54.8 Å². The van der Waals surface area contributed by atoms with Gasteiger partial charge in [-0.1, -0.05) is 18.2 Å². The molecule has 0 atom stereocenters. The van der Waals surface area contributed by atoms with Gasteiger partial charge in [0.25, 0.3) is 10.0 Å². The predicted octanol–water partition coefficient (Wildman–Crippen LogP) is 2.61. The number of piperazine rings is 1. The number of hydrogen-bond acceptors (Lipinski definition) is 5. The number of methoxy groups -OCH3 is 1. The van der Waals surface area contributed by atoms with Crippen LogP contribution >= 0.6 is 0 Å². The van der Waals surface area contributed by atoms with Gasteiger partial charge >= 0.3 is 0 Å². The van der Waals surface area contributed by atoms with Crippen molar-refractivity contribution in [2.24, 2.45) is 0 Å². The van der Waals surface area contributed by atoms with Gasteiger partial charge in [0.2, 0.25) is 0 Å². The van der Waals surface area contributed by atoms with E-state index in [4.69, 9.17) is 4.74 Å². The fourth-order valence-corrected chi connectivity index (χ4v) is 6.09. The fourth-order valence-electron chi connectivity index (χ4n) is 4.33. The van der Waals surface area contributed by atoms with Crippen molar-refractivity contribution in [3.8, 4) is 17.0 Å². The summed E-state index contributed by atoms with van der Waals surface area (Å²) in [7, 11) is 0.181. The van der Waals surface area contributed by atoms with Crippen LogP contribution in [0.25, 0.3) is 22.2 Å². The van der Waals surface area contributed by atoms with Crippen LogP contribution in [0.2, 0.25) is 0 Å². The van der Waals surface area contributed by atoms with Gasteiger partial charge in [0.05, 0.1) is 23.2 Å². The van der Waals surface area contributed by atoms with Gasteiger partial charge in [-0.25, -0.2) is 12.4 Å². The molecule has 3 aromatic rings. The zero-order valence-corrected chi connectivity index (χ0v) is 16.9. The van der Waals surface area contributed by atoms with Crippen LogP contribution in [-0.4, -0.2) is 62.5 Å². The number of aromatic nitrogens is 1. The Kier molecular flexibility index (Phi) is 4.01. The summed E-state index contributed by atoms with van der Waals surface area (Å²) in [5.41, 5.74) is 3.38. The molecule has 0 spiro atoms. The van der Waals surface area contributed by atoms with Crippen molar-refractivity contribution in [2.45, 2.75) is 11.4 Å². The summed E-state index contributed by atoms with van der Waals surface area (Å²) in [6, 6.07) is 12.9. The van der Waals surface area contributed by atoms with Crippen LogP contribution in [0.1, 0.15) is 5.56 Å². The van der Waals surface area contributed by atoms with E-state index in [-0.39, 0.29) is 0 Å². The number of likely N-dealkylation sites (N-methyl/N-ethyl adjacent to an activating group) is 1. The third-order valence-corrected chi connectivity index (χ3v) is 7.65. The van der Waals surface area contributed by atoms with Gasteiger partial charge < -0.3 is 9.64 Å². The number of nitrogens with zero attached hydrogens (tertiary/aromatic N) is 3. The number of rotatable bonds is 3. The minimum absolute atomic E-state index is 0.391. The largest absolute Gasteiger partial charge is 0.497 e. The molecule has 6 nitrogen and oxygen atoms in total. The highest BCUT2D eigenvalue weighted by molar-refractivity contribution is 7.90. The molecule has 0 radical (unpaired) electrons. The van der Waals surface area contributed by atoms with Crippen LogP contribution in [0.15, 0.2) is 47.4 Å². The van der Waals surface area contributed by atoms with E-state index >= 15 is 0 Å². The van der Waals surface area contributed by atoms with Gasteiger partial charge in [-0.3, -0.25) is 4.90 Å². The molecule has 0 aliphatic carbocycles. The molecule has 0 amide bonds. The molecule has 1 fully saturated rings. The van der Waals surface area contributed by atoms with Gasteiger partial charge in [0, 0.05) is 49.2 Å². The van der Waals surface area contributed by atoms with Crippen molar-refractivity contribution < 1.29 is 13.2 Å². The third-order valence-electron chi connectivity index (χ3n) is 5.87. The first-order valence-electron chi connectivity index (χ1n) is 9.48. The van der Waals surface area contributed by atoms with E-state index in [1.54, 1.807) is 19.2 Å². The van der Waals surface area contributed by atoms with Crippen molar-refractivity contribution in [3.05, 3.63) is 48.0 Å². The lowest BCUT2D eigenvalue weighted by molar-refractivity contribution is 0.148. The molecule has 1 aromatic heterocycles. The number of benzene rings is 2. The second-order valence-electron chi connectivity index (χ2n) is 7.56. The highest BCUT2D eigenvalue weighted by atomic mass is 32.2. The molecule has 28 heavy (non-hydrogen) atoms. The Labute approximate surface area is 165 Å². The van der Waals surface area contributed by atoms with E-state index in [1.807, 2.05) is 30.3 Å². The van der Waals surface area contributed by atoms with Crippen LogP contribution in [0.3, 0.4) is 0 Å². The maximum absolute atomic E-state index is 13.3. The molecule has 2 aromatic carbocycles. The maximum Gasteiger partial charge on any atom is 0.269 e. The Hall–Kier alpha value is -2.35. The molecule has 3 heterocycles. The lowest BCUT2D eigenvalue weighted by atomic mass is 10.0. The molecule has 0 saturated carbocycles. The molecule has 5 rings (SSSR count). The number of hydrogen-bond donors (Lipinski definition) is 0. The summed E-state index contributed by atoms with van der Waals surface area (Å²) in [5, 5.41) is 0.950. The Morgan fingerprint density at radius 3 is 2.54 bits per heavy atom. The van der Waals surface area contributed by atoms with E-state index in [0.717, 1.165) is 66.2 Å². The SMILES string of the molecule is COc1ccc2c(c1)c(CN1CCN(C)CC1)c1n2S(=O)(=O)c2ccccc2-1. The lowest BCUT2D eigenvalue weighted by Gasteiger charge is -2.32. The van der Waals surface area contributed by atoms with E-state index in [0.29, 0.717) is 4.90 Å². The average molecular weight is 398 g/mol. The maximum atomic E-state index is 13.3. The van der Waals surface area contributed by atoms with Crippen LogP contribution in [0, 0.1) is 0 Å². The third kappa shape index (κ3) is 2.50. The Morgan fingerprint density at radius 2 is 1.79 bits per heavy atom. The molecule has 0 bridgehead atoms. The summed E-state index contributed by atoms with van der Waals surface area (Å²) in [5.74, 6) is 0.738. The Balaban J connectivity index is 1.75. The monoisotopic (exact) mass is 397 g/mol. The minimum Gasteiger partial charge on any atom is -0.497 e. The Morgan fingerprint density at radius 1 is 1.04 bits per heavy atom.